The van der Waals surface area contributed by atoms with E-state index in [1.807, 2.05) is 43.2 Å². The van der Waals surface area contributed by atoms with Crippen LogP contribution in [0.4, 0.5) is 11.4 Å². The van der Waals surface area contributed by atoms with Gasteiger partial charge in [-0.05, 0) is 32.0 Å². The van der Waals surface area contributed by atoms with Crippen molar-refractivity contribution in [1.82, 2.24) is 9.78 Å². The molecule has 5 heteroatoms. The molecule has 2 aromatic rings. The predicted molar refractivity (Wildman–Crippen MR) is 85.7 cm³/mol. The number of hydrogen-bond acceptors (Lipinski definition) is 3. The summed E-state index contributed by atoms with van der Waals surface area (Å²) in [5, 5.41) is 8.50. The van der Waals surface area contributed by atoms with Crippen LogP contribution in [0.25, 0.3) is 0 Å². The minimum Gasteiger partial charge on any atom is -0.379 e. The summed E-state index contributed by atoms with van der Waals surface area (Å²) in [5.41, 5.74) is 3.30. The van der Waals surface area contributed by atoms with Crippen molar-refractivity contribution in [2.45, 2.75) is 26.4 Å². The Labute approximate surface area is 125 Å². The summed E-state index contributed by atoms with van der Waals surface area (Å²) in [7, 11) is 4.04. The fourth-order valence-electron chi connectivity index (χ4n) is 1.99. The summed E-state index contributed by atoms with van der Waals surface area (Å²) in [4.78, 5) is 2.07. The molecule has 0 aliphatic rings. The van der Waals surface area contributed by atoms with Gasteiger partial charge in [-0.15, -0.1) is 0 Å². The molecule has 0 atom stereocenters. The first-order valence-electron chi connectivity index (χ1n) is 6.71. The maximum atomic E-state index is 6.07. The SMILES string of the molecule is CC(C)n1cc(CNc2cc(Cl)ccc2N(C)C)cn1. The summed E-state index contributed by atoms with van der Waals surface area (Å²) < 4.78 is 1.96. The van der Waals surface area contributed by atoms with Crippen LogP contribution < -0.4 is 10.2 Å². The molecular formula is C15H21ClN4. The molecule has 0 saturated carbocycles. The quantitative estimate of drug-likeness (QED) is 0.910. The normalized spacial score (nSPS) is 10.9. The van der Waals surface area contributed by atoms with Crippen molar-refractivity contribution in [3.05, 3.63) is 41.2 Å². The standard InChI is InChI=1S/C15H21ClN4/c1-11(2)20-10-12(9-18-20)8-17-14-7-13(16)5-6-15(14)19(3)4/h5-7,9-11,17H,8H2,1-4H3. The Morgan fingerprint density at radius 1 is 1.35 bits per heavy atom. The van der Waals surface area contributed by atoms with Crippen LogP contribution in [0.1, 0.15) is 25.5 Å². The average Bonchev–Trinajstić information content (AvgIpc) is 2.85. The van der Waals surface area contributed by atoms with E-state index in [-0.39, 0.29) is 0 Å². The van der Waals surface area contributed by atoms with Crippen LogP contribution in [-0.4, -0.2) is 23.9 Å². The summed E-state index contributed by atoms with van der Waals surface area (Å²) in [5.74, 6) is 0. The first kappa shape index (κ1) is 14.7. The number of nitrogens with one attached hydrogen (secondary N) is 1. The third-order valence-corrected chi connectivity index (χ3v) is 3.34. The maximum absolute atomic E-state index is 6.07. The Morgan fingerprint density at radius 2 is 2.10 bits per heavy atom. The van der Waals surface area contributed by atoms with Crippen molar-refractivity contribution in [3.8, 4) is 0 Å². The third kappa shape index (κ3) is 3.45. The molecule has 0 fully saturated rings. The van der Waals surface area contributed by atoms with Gasteiger partial charge in [0.2, 0.25) is 0 Å². The summed E-state index contributed by atoms with van der Waals surface area (Å²) >= 11 is 6.07. The predicted octanol–water partition coefficient (Wildman–Crippen LogP) is 3.80. The molecule has 0 radical (unpaired) electrons. The highest BCUT2D eigenvalue weighted by Crippen LogP contribution is 2.28. The molecule has 0 saturated heterocycles. The number of nitrogens with zero attached hydrogens (tertiary/aromatic N) is 3. The molecule has 4 nitrogen and oxygen atoms in total. The van der Waals surface area contributed by atoms with Crippen molar-refractivity contribution >= 4 is 23.0 Å². The van der Waals surface area contributed by atoms with Gasteiger partial charge in [-0.1, -0.05) is 11.6 Å². The smallest absolute Gasteiger partial charge is 0.0597 e. The van der Waals surface area contributed by atoms with Crippen LogP contribution >= 0.6 is 11.6 Å². The van der Waals surface area contributed by atoms with Crippen LogP contribution in [0, 0.1) is 0 Å². The lowest BCUT2D eigenvalue weighted by atomic mass is 10.2. The van der Waals surface area contributed by atoms with E-state index in [0.717, 1.165) is 28.5 Å². The van der Waals surface area contributed by atoms with Gasteiger partial charge in [-0.25, -0.2) is 0 Å². The molecular weight excluding hydrogens is 272 g/mol. The maximum Gasteiger partial charge on any atom is 0.0597 e. The minimum atomic E-state index is 0.382. The van der Waals surface area contributed by atoms with Gasteiger partial charge in [0, 0.05) is 43.5 Å². The van der Waals surface area contributed by atoms with Crippen molar-refractivity contribution < 1.29 is 0 Å². The van der Waals surface area contributed by atoms with Gasteiger partial charge < -0.3 is 10.2 Å². The summed E-state index contributed by atoms with van der Waals surface area (Å²) in [6.07, 6.45) is 3.96. The molecule has 1 aromatic heterocycles. The Morgan fingerprint density at radius 3 is 2.70 bits per heavy atom. The van der Waals surface area contributed by atoms with E-state index in [1.54, 1.807) is 0 Å². The summed E-state index contributed by atoms with van der Waals surface area (Å²) in [6.45, 7) is 4.96. The largest absolute Gasteiger partial charge is 0.379 e. The molecule has 0 spiro atoms. The Balaban J connectivity index is 2.11. The molecule has 0 aliphatic carbocycles. The molecule has 108 valence electrons. The molecule has 1 N–H and O–H groups in total. The lowest BCUT2D eigenvalue weighted by molar-refractivity contribution is 0.532. The van der Waals surface area contributed by atoms with Crippen molar-refractivity contribution in [3.63, 3.8) is 0 Å². The zero-order valence-electron chi connectivity index (χ0n) is 12.4. The topological polar surface area (TPSA) is 33.1 Å². The number of rotatable bonds is 5. The summed E-state index contributed by atoms with van der Waals surface area (Å²) in [6, 6.07) is 6.25. The number of benzene rings is 1. The van der Waals surface area contributed by atoms with Crippen molar-refractivity contribution in [2.24, 2.45) is 0 Å². The molecule has 0 amide bonds. The fraction of sp³-hybridized carbons (Fsp3) is 0.400. The molecule has 0 unspecified atom stereocenters. The van der Waals surface area contributed by atoms with Gasteiger partial charge in [0.25, 0.3) is 0 Å². The van der Waals surface area contributed by atoms with Gasteiger partial charge in [-0.2, -0.15) is 5.10 Å². The van der Waals surface area contributed by atoms with Crippen LogP contribution in [0.2, 0.25) is 5.02 Å². The highest BCUT2D eigenvalue weighted by Gasteiger charge is 2.06. The monoisotopic (exact) mass is 292 g/mol. The van der Waals surface area contributed by atoms with Gasteiger partial charge in [-0.3, -0.25) is 4.68 Å². The fourth-order valence-corrected chi connectivity index (χ4v) is 2.16. The van der Waals surface area contributed by atoms with Crippen LogP contribution in [0.15, 0.2) is 30.6 Å². The Bertz CT molecular complexity index is 575. The van der Waals surface area contributed by atoms with Gasteiger partial charge in [0.15, 0.2) is 0 Å². The third-order valence-electron chi connectivity index (χ3n) is 3.11. The van der Waals surface area contributed by atoms with E-state index in [0.29, 0.717) is 6.04 Å². The molecule has 2 rings (SSSR count). The van der Waals surface area contributed by atoms with Gasteiger partial charge in [0.05, 0.1) is 17.6 Å². The number of hydrogen-bond donors (Lipinski definition) is 1. The first-order chi connectivity index (χ1) is 9.47. The number of halogens is 1. The number of aromatic nitrogens is 2. The van der Waals surface area contributed by atoms with E-state index < -0.39 is 0 Å². The van der Waals surface area contributed by atoms with E-state index in [1.165, 1.54) is 0 Å². The highest BCUT2D eigenvalue weighted by atomic mass is 35.5. The minimum absolute atomic E-state index is 0.382. The van der Waals surface area contributed by atoms with Gasteiger partial charge in [0.1, 0.15) is 0 Å². The number of anilines is 2. The lowest BCUT2D eigenvalue weighted by Gasteiger charge is -2.18. The second-order valence-electron chi connectivity index (χ2n) is 5.33. The van der Waals surface area contributed by atoms with Crippen molar-refractivity contribution in [1.29, 1.82) is 0 Å². The molecule has 0 aliphatic heterocycles. The molecule has 1 heterocycles. The van der Waals surface area contributed by atoms with Gasteiger partial charge >= 0.3 is 0 Å². The zero-order chi connectivity index (χ0) is 14.7. The second kappa shape index (κ2) is 6.18. The van der Waals surface area contributed by atoms with Crippen LogP contribution in [0.5, 0.6) is 0 Å². The second-order valence-corrected chi connectivity index (χ2v) is 5.77. The molecule has 0 bridgehead atoms. The molecule has 20 heavy (non-hydrogen) atoms. The van der Waals surface area contributed by atoms with Crippen LogP contribution in [-0.2, 0) is 6.54 Å². The average molecular weight is 293 g/mol. The van der Waals surface area contributed by atoms with Crippen LogP contribution in [0.3, 0.4) is 0 Å². The van der Waals surface area contributed by atoms with E-state index in [4.69, 9.17) is 11.6 Å². The van der Waals surface area contributed by atoms with E-state index >= 15 is 0 Å². The zero-order valence-corrected chi connectivity index (χ0v) is 13.1. The Hall–Kier alpha value is -1.68. The van der Waals surface area contributed by atoms with Crippen molar-refractivity contribution in [2.75, 3.05) is 24.3 Å². The Kier molecular flexibility index (Phi) is 4.55. The van der Waals surface area contributed by atoms with E-state index in [9.17, 15) is 0 Å². The van der Waals surface area contributed by atoms with E-state index in [2.05, 4.69) is 35.4 Å². The lowest BCUT2D eigenvalue weighted by Crippen LogP contribution is -2.12. The highest BCUT2D eigenvalue weighted by molar-refractivity contribution is 6.31. The first-order valence-corrected chi connectivity index (χ1v) is 7.09. The molecule has 1 aromatic carbocycles.